The van der Waals surface area contributed by atoms with Gasteiger partial charge in [-0.2, -0.15) is 0 Å². The topological polar surface area (TPSA) is 75.3 Å². The minimum Gasteiger partial charge on any atom is -0.352 e. The first-order valence-corrected chi connectivity index (χ1v) is 10.3. The second-order valence-corrected chi connectivity index (χ2v) is 8.15. The number of carbonyl (C=O) groups is 1. The molecule has 0 aliphatic heterocycles. The molecule has 0 aromatic heterocycles. The zero-order valence-electron chi connectivity index (χ0n) is 15.5. The highest BCUT2D eigenvalue weighted by molar-refractivity contribution is 7.92. The molecule has 6 heteroatoms. The molecule has 0 bridgehead atoms. The number of amides is 1. The van der Waals surface area contributed by atoms with E-state index < -0.39 is 10.0 Å². The third kappa shape index (κ3) is 5.59. The molecule has 0 aliphatic carbocycles. The van der Waals surface area contributed by atoms with Crippen LogP contribution in [0.25, 0.3) is 0 Å². The molecule has 2 N–H and O–H groups in total. The van der Waals surface area contributed by atoms with Crippen molar-refractivity contribution in [2.24, 2.45) is 0 Å². The van der Waals surface area contributed by atoms with E-state index in [1.807, 2.05) is 19.9 Å². The number of rotatable bonds is 8. The lowest BCUT2D eigenvalue weighted by molar-refractivity contribution is 0.0953. The quantitative estimate of drug-likeness (QED) is 0.685. The van der Waals surface area contributed by atoms with Crippen LogP contribution in [0.15, 0.2) is 47.4 Å². The Bertz CT molecular complexity index is 839. The van der Waals surface area contributed by atoms with Crippen LogP contribution < -0.4 is 10.0 Å². The van der Waals surface area contributed by atoms with Gasteiger partial charge in [-0.25, -0.2) is 8.42 Å². The van der Waals surface area contributed by atoms with Gasteiger partial charge in [0.25, 0.3) is 15.9 Å². The van der Waals surface area contributed by atoms with Crippen molar-refractivity contribution in [2.45, 2.75) is 44.9 Å². The zero-order valence-corrected chi connectivity index (χ0v) is 16.3. The van der Waals surface area contributed by atoms with Gasteiger partial charge in [0.15, 0.2) is 0 Å². The molecular weight excluding hydrogens is 348 g/mol. The van der Waals surface area contributed by atoms with Gasteiger partial charge < -0.3 is 5.32 Å². The van der Waals surface area contributed by atoms with E-state index in [0.717, 1.165) is 30.4 Å². The number of nitrogens with one attached hydrogen (secondary N) is 2. The Morgan fingerprint density at radius 2 is 1.58 bits per heavy atom. The molecule has 2 aromatic rings. The Kier molecular flexibility index (Phi) is 6.80. The van der Waals surface area contributed by atoms with Crippen molar-refractivity contribution in [3.8, 4) is 0 Å². The number of unbranched alkanes of at least 4 members (excludes halogenated alkanes) is 2. The SMILES string of the molecule is CCCCCNC(=O)c1ccc(S(=O)(=O)Nc2cc(C)cc(C)c2)cc1. The summed E-state index contributed by atoms with van der Waals surface area (Å²) in [7, 11) is -3.70. The van der Waals surface area contributed by atoms with E-state index in [2.05, 4.69) is 17.0 Å². The minimum absolute atomic E-state index is 0.124. The fraction of sp³-hybridized carbons (Fsp3) is 0.350. The molecule has 2 aromatic carbocycles. The van der Waals surface area contributed by atoms with Crippen LogP contribution in [0.2, 0.25) is 0 Å². The third-order valence-electron chi connectivity index (χ3n) is 3.97. The first kappa shape index (κ1) is 20.0. The normalized spacial score (nSPS) is 11.2. The van der Waals surface area contributed by atoms with Crippen molar-refractivity contribution in [3.05, 3.63) is 59.2 Å². The Hall–Kier alpha value is -2.34. The highest BCUT2D eigenvalue weighted by Gasteiger charge is 2.15. The fourth-order valence-corrected chi connectivity index (χ4v) is 3.75. The summed E-state index contributed by atoms with van der Waals surface area (Å²) in [6.07, 6.45) is 3.10. The van der Waals surface area contributed by atoms with Crippen LogP contribution in [0.4, 0.5) is 5.69 Å². The molecule has 0 fully saturated rings. The maximum atomic E-state index is 12.5. The predicted molar refractivity (Wildman–Crippen MR) is 105 cm³/mol. The summed E-state index contributed by atoms with van der Waals surface area (Å²) in [4.78, 5) is 12.2. The third-order valence-corrected chi connectivity index (χ3v) is 5.36. The average molecular weight is 375 g/mol. The van der Waals surface area contributed by atoms with Crippen LogP contribution in [-0.4, -0.2) is 20.9 Å². The standard InChI is InChI=1S/C20H26N2O3S/c1-4-5-6-11-21-20(23)17-7-9-19(10-8-17)26(24,25)22-18-13-15(2)12-16(3)14-18/h7-10,12-14,22H,4-6,11H2,1-3H3,(H,21,23). The first-order chi connectivity index (χ1) is 12.3. The minimum atomic E-state index is -3.70. The van der Waals surface area contributed by atoms with Gasteiger partial charge in [-0.15, -0.1) is 0 Å². The highest BCUT2D eigenvalue weighted by atomic mass is 32.2. The van der Waals surface area contributed by atoms with Gasteiger partial charge in [-0.3, -0.25) is 9.52 Å². The van der Waals surface area contributed by atoms with E-state index in [0.29, 0.717) is 17.8 Å². The monoisotopic (exact) mass is 374 g/mol. The highest BCUT2D eigenvalue weighted by Crippen LogP contribution is 2.19. The van der Waals surface area contributed by atoms with Crippen molar-refractivity contribution in [1.29, 1.82) is 0 Å². The van der Waals surface area contributed by atoms with Gasteiger partial charge >= 0.3 is 0 Å². The summed E-state index contributed by atoms with van der Waals surface area (Å²) in [6, 6.07) is 11.5. The van der Waals surface area contributed by atoms with Gasteiger partial charge in [0.05, 0.1) is 4.90 Å². The summed E-state index contributed by atoms with van der Waals surface area (Å²) >= 11 is 0. The summed E-state index contributed by atoms with van der Waals surface area (Å²) in [6.45, 7) is 6.56. The van der Waals surface area contributed by atoms with Crippen molar-refractivity contribution in [3.63, 3.8) is 0 Å². The molecule has 0 atom stereocenters. The lowest BCUT2D eigenvalue weighted by Crippen LogP contribution is -2.24. The summed E-state index contributed by atoms with van der Waals surface area (Å²) in [5.41, 5.74) is 2.95. The Labute approximate surface area is 155 Å². The van der Waals surface area contributed by atoms with Gasteiger partial charge in [0, 0.05) is 17.8 Å². The van der Waals surface area contributed by atoms with E-state index >= 15 is 0 Å². The zero-order chi connectivity index (χ0) is 19.2. The van der Waals surface area contributed by atoms with E-state index in [4.69, 9.17) is 0 Å². The van der Waals surface area contributed by atoms with Crippen LogP contribution in [0.3, 0.4) is 0 Å². The van der Waals surface area contributed by atoms with E-state index in [1.165, 1.54) is 24.3 Å². The summed E-state index contributed by atoms with van der Waals surface area (Å²) in [5, 5.41) is 2.84. The maximum absolute atomic E-state index is 12.5. The van der Waals surface area contributed by atoms with Crippen molar-refractivity contribution in [2.75, 3.05) is 11.3 Å². The van der Waals surface area contributed by atoms with Crippen molar-refractivity contribution < 1.29 is 13.2 Å². The predicted octanol–water partition coefficient (Wildman–Crippen LogP) is 4.02. The lowest BCUT2D eigenvalue weighted by Gasteiger charge is -2.10. The van der Waals surface area contributed by atoms with E-state index in [9.17, 15) is 13.2 Å². The van der Waals surface area contributed by atoms with E-state index in [-0.39, 0.29) is 10.8 Å². The second-order valence-electron chi connectivity index (χ2n) is 6.47. The molecule has 140 valence electrons. The molecule has 0 unspecified atom stereocenters. The number of aryl methyl sites for hydroxylation is 2. The molecule has 5 nitrogen and oxygen atoms in total. The molecule has 2 rings (SSSR count). The Morgan fingerprint density at radius 3 is 2.15 bits per heavy atom. The maximum Gasteiger partial charge on any atom is 0.261 e. The lowest BCUT2D eigenvalue weighted by atomic mass is 10.1. The molecule has 0 aliphatic rings. The van der Waals surface area contributed by atoms with Crippen LogP contribution >= 0.6 is 0 Å². The van der Waals surface area contributed by atoms with E-state index in [1.54, 1.807) is 12.1 Å². The Morgan fingerprint density at radius 1 is 0.962 bits per heavy atom. The smallest absolute Gasteiger partial charge is 0.261 e. The van der Waals surface area contributed by atoms with Gasteiger partial charge in [-0.1, -0.05) is 25.8 Å². The molecule has 26 heavy (non-hydrogen) atoms. The number of hydrogen-bond acceptors (Lipinski definition) is 3. The molecule has 0 heterocycles. The molecule has 0 radical (unpaired) electrons. The molecule has 0 spiro atoms. The summed E-state index contributed by atoms with van der Waals surface area (Å²) in [5.74, 6) is -0.188. The van der Waals surface area contributed by atoms with Gasteiger partial charge in [0.1, 0.15) is 0 Å². The number of carbonyl (C=O) groups excluding carboxylic acids is 1. The average Bonchev–Trinajstić information content (AvgIpc) is 2.57. The molecule has 1 amide bonds. The molecule has 0 saturated heterocycles. The largest absolute Gasteiger partial charge is 0.352 e. The van der Waals surface area contributed by atoms with Crippen LogP contribution in [0.1, 0.15) is 47.7 Å². The Balaban J connectivity index is 2.07. The first-order valence-electron chi connectivity index (χ1n) is 8.81. The van der Waals surface area contributed by atoms with Crippen molar-refractivity contribution in [1.82, 2.24) is 5.32 Å². The molecule has 0 saturated carbocycles. The summed E-state index contributed by atoms with van der Waals surface area (Å²) < 4.78 is 27.7. The number of anilines is 1. The van der Waals surface area contributed by atoms with Gasteiger partial charge in [0.2, 0.25) is 0 Å². The number of hydrogen-bond donors (Lipinski definition) is 2. The second kappa shape index (κ2) is 8.85. The van der Waals surface area contributed by atoms with Gasteiger partial charge in [-0.05, 0) is 67.8 Å². The number of benzene rings is 2. The van der Waals surface area contributed by atoms with Crippen LogP contribution in [0.5, 0.6) is 0 Å². The number of sulfonamides is 1. The van der Waals surface area contributed by atoms with Crippen LogP contribution in [0, 0.1) is 13.8 Å². The fourth-order valence-electron chi connectivity index (χ4n) is 2.71. The molecular formula is C20H26N2O3S. The van der Waals surface area contributed by atoms with Crippen molar-refractivity contribution >= 4 is 21.6 Å². The van der Waals surface area contributed by atoms with Crippen LogP contribution in [-0.2, 0) is 10.0 Å².